The highest BCUT2D eigenvalue weighted by Crippen LogP contribution is 2.25. The van der Waals surface area contributed by atoms with Crippen molar-refractivity contribution >= 4 is 32.2 Å². The van der Waals surface area contributed by atoms with Crippen LogP contribution in [0.15, 0.2) is 16.3 Å². The maximum Gasteiger partial charge on any atom is 0.244 e. The first kappa shape index (κ1) is 16.1. The van der Waals surface area contributed by atoms with Crippen molar-refractivity contribution in [1.29, 1.82) is 0 Å². The van der Waals surface area contributed by atoms with Gasteiger partial charge in [-0.05, 0) is 24.4 Å². The molecule has 2 rings (SSSR count). The van der Waals surface area contributed by atoms with E-state index in [-0.39, 0.29) is 0 Å². The molecule has 8 heteroatoms. The Hall–Kier alpha value is -0.280. The minimum atomic E-state index is -3.44. The molecular weight excluding hydrogens is 316 g/mol. The molecule has 2 heterocycles. The lowest BCUT2D eigenvalue weighted by Crippen LogP contribution is -2.41. The molecule has 0 aliphatic carbocycles. The van der Waals surface area contributed by atoms with E-state index in [1.165, 1.54) is 15.6 Å². The molecule has 0 saturated carbocycles. The van der Waals surface area contributed by atoms with Crippen molar-refractivity contribution in [2.75, 3.05) is 31.1 Å². The molecule has 0 amide bonds. The minimum Gasteiger partial charge on any atom is -0.312 e. The highest BCUT2D eigenvalue weighted by Gasteiger charge is 2.30. The topological polar surface area (TPSA) is 66.5 Å². The van der Waals surface area contributed by atoms with Crippen molar-refractivity contribution in [3.8, 4) is 0 Å². The van der Waals surface area contributed by atoms with Gasteiger partial charge in [-0.1, -0.05) is 6.92 Å². The van der Waals surface area contributed by atoms with Crippen molar-refractivity contribution in [3.63, 3.8) is 0 Å². The number of nitrogens with zero attached hydrogens (tertiary/aromatic N) is 1. The normalized spacial score (nSPS) is 18.4. The lowest BCUT2D eigenvalue weighted by atomic mass is 10.4. The summed E-state index contributed by atoms with van der Waals surface area (Å²) in [4.78, 5) is 1.25. The number of hydrogen-bond donors (Lipinski definition) is 1. The molecule has 0 spiro atoms. The molecular formula is C12H20N2O3S3. The van der Waals surface area contributed by atoms with Crippen LogP contribution in [0, 0.1) is 0 Å². The van der Waals surface area contributed by atoms with Crippen LogP contribution in [0.4, 0.5) is 0 Å². The van der Waals surface area contributed by atoms with E-state index in [1.807, 2.05) is 5.38 Å². The summed E-state index contributed by atoms with van der Waals surface area (Å²) in [5.74, 6) is 0.875. The summed E-state index contributed by atoms with van der Waals surface area (Å²) < 4.78 is 38.0. The Morgan fingerprint density at radius 1 is 1.40 bits per heavy atom. The van der Waals surface area contributed by atoms with Gasteiger partial charge >= 0.3 is 0 Å². The first-order chi connectivity index (χ1) is 9.55. The largest absolute Gasteiger partial charge is 0.312 e. The van der Waals surface area contributed by atoms with Crippen LogP contribution in [-0.2, 0) is 27.4 Å². The van der Waals surface area contributed by atoms with E-state index in [1.54, 1.807) is 6.07 Å². The maximum atomic E-state index is 12.6. The molecule has 0 bridgehead atoms. The molecule has 1 saturated heterocycles. The fraction of sp³-hybridized carbons (Fsp3) is 0.667. The zero-order valence-corrected chi connectivity index (χ0v) is 14.0. The zero-order chi connectivity index (χ0) is 14.6. The van der Waals surface area contributed by atoms with Gasteiger partial charge in [-0.15, -0.1) is 11.3 Å². The van der Waals surface area contributed by atoms with Gasteiger partial charge in [0.1, 0.15) is 0 Å². The van der Waals surface area contributed by atoms with Gasteiger partial charge in [0, 0.05) is 46.8 Å². The molecule has 1 aromatic rings. The molecule has 5 nitrogen and oxygen atoms in total. The molecule has 1 aliphatic rings. The number of rotatable bonds is 6. The quantitative estimate of drug-likeness (QED) is 0.787. The summed E-state index contributed by atoms with van der Waals surface area (Å²) in [7, 11) is -4.31. The Morgan fingerprint density at radius 2 is 2.10 bits per heavy atom. The zero-order valence-electron chi connectivity index (χ0n) is 11.5. The van der Waals surface area contributed by atoms with Crippen molar-refractivity contribution < 1.29 is 12.6 Å². The van der Waals surface area contributed by atoms with E-state index in [2.05, 4.69) is 12.2 Å². The van der Waals surface area contributed by atoms with E-state index in [0.29, 0.717) is 36.0 Å². The summed E-state index contributed by atoms with van der Waals surface area (Å²) >= 11 is 1.46. The highest BCUT2D eigenvalue weighted by molar-refractivity contribution is 7.89. The molecule has 0 unspecified atom stereocenters. The third kappa shape index (κ3) is 3.67. The van der Waals surface area contributed by atoms with Crippen LogP contribution in [0.2, 0.25) is 0 Å². The predicted octanol–water partition coefficient (Wildman–Crippen LogP) is 1.00. The van der Waals surface area contributed by atoms with Gasteiger partial charge in [0.2, 0.25) is 10.0 Å². The van der Waals surface area contributed by atoms with Crippen molar-refractivity contribution in [3.05, 3.63) is 16.3 Å². The Labute approximate surface area is 126 Å². The SMILES string of the molecule is CCCNCc1sccc1S(=O)(=O)N1CCS(=O)CC1. The molecule has 0 aromatic carbocycles. The lowest BCUT2D eigenvalue weighted by Gasteiger charge is -2.25. The first-order valence-corrected chi connectivity index (χ1v) is 10.5. The number of sulfonamides is 1. The van der Waals surface area contributed by atoms with Gasteiger partial charge < -0.3 is 5.32 Å². The van der Waals surface area contributed by atoms with Gasteiger partial charge in [-0.25, -0.2) is 8.42 Å². The van der Waals surface area contributed by atoms with E-state index in [0.717, 1.165) is 17.8 Å². The lowest BCUT2D eigenvalue weighted by molar-refractivity contribution is 0.438. The van der Waals surface area contributed by atoms with Crippen molar-refractivity contribution in [2.45, 2.75) is 24.8 Å². The standard InChI is InChI=1S/C12H20N2O3S3/c1-2-4-13-10-11-12(3-7-18-11)20(16,17)14-5-8-19(15)9-6-14/h3,7,13H,2,4-6,8-10H2,1H3. The third-order valence-corrected chi connectivity index (χ3v) is 7.48. The minimum absolute atomic E-state index is 0.354. The molecule has 1 N–H and O–H groups in total. The number of thiophene rings is 1. The van der Waals surface area contributed by atoms with Crippen LogP contribution in [-0.4, -0.2) is 48.1 Å². The first-order valence-electron chi connectivity index (χ1n) is 6.68. The van der Waals surface area contributed by atoms with Crippen LogP contribution in [0.1, 0.15) is 18.2 Å². The molecule has 20 heavy (non-hydrogen) atoms. The van der Waals surface area contributed by atoms with Crippen LogP contribution in [0.5, 0.6) is 0 Å². The number of hydrogen-bond acceptors (Lipinski definition) is 5. The summed E-state index contributed by atoms with van der Waals surface area (Å²) in [6.45, 7) is 4.24. The average molecular weight is 337 g/mol. The predicted molar refractivity (Wildman–Crippen MR) is 83.0 cm³/mol. The summed E-state index contributed by atoms with van der Waals surface area (Å²) in [5, 5.41) is 5.06. The van der Waals surface area contributed by atoms with E-state index >= 15 is 0 Å². The van der Waals surface area contributed by atoms with Crippen molar-refractivity contribution in [1.82, 2.24) is 9.62 Å². The van der Waals surface area contributed by atoms with E-state index in [4.69, 9.17) is 0 Å². The molecule has 0 radical (unpaired) electrons. The van der Waals surface area contributed by atoms with Gasteiger partial charge in [-0.3, -0.25) is 4.21 Å². The maximum absolute atomic E-state index is 12.6. The number of nitrogens with one attached hydrogen (secondary N) is 1. The van der Waals surface area contributed by atoms with Gasteiger partial charge in [-0.2, -0.15) is 4.31 Å². The fourth-order valence-corrected chi connectivity index (χ4v) is 6.18. The Balaban J connectivity index is 2.13. The van der Waals surface area contributed by atoms with Crippen molar-refractivity contribution in [2.24, 2.45) is 0 Å². The van der Waals surface area contributed by atoms with E-state index in [9.17, 15) is 12.6 Å². The van der Waals surface area contributed by atoms with Gasteiger partial charge in [0.15, 0.2) is 0 Å². The Kier molecular flexibility index (Phi) is 5.74. The monoisotopic (exact) mass is 336 g/mol. The second kappa shape index (κ2) is 7.13. The highest BCUT2D eigenvalue weighted by atomic mass is 32.2. The molecule has 114 valence electrons. The van der Waals surface area contributed by atoms with E-state index < -0.39 is 20.8 Å². The smallest absolute Gasteiger partial charge is 0.244 e. The second-order valence-electron chi connectivity index (χ2n) is 4.64. The third-order valence-electron chi connectivity index (χ3n) is 3.17. The van der Waals surface area contributed by atoms with Gasteiger partial charge in [0.25, 0.3) is 0 Å². The Bertz CT molecular complexity index is 558. The molecule has 1 aromatic heterocycles. The summed E-state index contributed by atoms with van der Waals surface area (Å²) in [5.41, 5.74) is 0. The Morgan fingerprint density at radius 3 is 2.75 bits per heavy atom. The van der Waals surface area contributed by atoms with Crippen LogP contribution in [0.3, 0.4) is 0 Å². The summed E-state index contributed by atoms with van der Waals surface area (Å²) in [6, 6.07) is 1.68. The summed E-state index contributed by atoms with van der Waals surface area (Å²) in [6.07, 6.45) is 1.02. The van der Waals surface area contributed by atoms with Crippen LogP contribution >= 0.6 is 11.3 Å². The fourth-order valence-electron chi connectivity index (χ4n) is 2.07. The van der Waals surface area contributed by atoms with Crippen LogP contribution in [0.25, 0.3) is 0 Å². The van der Waals surface area contributed by atoms with Gasteiger partial charge in [0.05, 0.1) is 4.90 Å². The molecule has 1 fully saturated rings. The molecule has 0 atom stereocenters. The second-order valence-corrected chi connectivity index (χ2v) is 9.24. The molecule has 1 aliphatic heterocycles. The average Bonchev–Trinajstić information content (AvgIpc) is 2.89. The van der Waals surface area contributed by atoms with Crippen LogP contribution < -0.4 is 5.32 Å².